The molecule has 0 fully saturated rings. The Morgan fingerprint density at radius 1 is 1.12 bits per heavy atom. The van der Waals surface area contributed by atoms with Gasteiger partial charge in [0.2, 0.25) is 10.0 Å². The summed E-state index contributed by atoms with van der Waals surface area (Å²) >= 11 is 0. The number of rotatable bonds is 7. The van der Waals surface area contributed by atoms with Crippen LogP contribution in [-0.2, 0) is 16.6 Å². The Kier molecular flexibility index (Phi) is 5.55. The molecule has 0 aliphatic carbocycles. The number of sulfonamides is 1. The molecule has 0 spiro atoms. The van der Waals surface area contributed by atoms with Crippen LogP contribution in [0.1, 0.15) is 11.1 Å². The van der Waals surface area contributed by atoms with E-state index in [0.29, 0.717) is 18.1 Å². The summed E-state index contributed by atoms with van der Waals surface area (Å²) < 4.78 is 28.6. The second-order valence-electron chi connectivity index (χ2n) is 5.69. The van der Waals surface area contributed by atoms with Crippen molar-refractivity contribution in [3.05, 3.63) is 71.8 Å². The molecule has 0 saturated heterocycles. The topological polar surface area (TPSA) is 89.8 Å². The maximum absolute atomic E-state index is 12.1. The molecule has 0 bridgehead atoms. The third-order valence-electron chi connectivity index (χ3n) is 3.68. The Morgan fingerprint density at radius 2 is 1.92 bits per heavy atom. The highest BCUT2D eigenvalue weighted by Gasteiger charge is 2.09. The van der Waals surface area contributed by atoms with Crippen molar-refractivity contribution < 1.29 is 8.42 Å². The molecule has 2 aromatic heterocycles. The summed E-state index contributed by atoms with van der Waals surface area (Å²) in [6.07, 6.45) is 9.80. The van der Waals surface area contributed by atoms with Gasteiger partial charge in [0.25, 0.3) is 0 Å². The highest BCUT2D eigenvalue weighted by atomic mass is 32.2. The molecule has 134 valence electrons. The number of hydrogen-bond donors (Lipinski definition) is 1. The van der Waals surface area contributed by atoms with E-state index in [1.165, 1.54) is 5.41 Å². The standard InChI is InChI=1S/C18H19N5O2S/c1-15-2-4-16(5-3-15)6-13-26(24,25)22-10-12-23-11-9-21-18(23)17-14-19-7-8-20-17/h2-9,11,13-14,22H,10,12H2,1H3/b13-6+. The van der Waals surface area contributed by atoms with Gasteiger partial charge in [0.1, 0.15) is 5.69 Å². The quantitative estimate of drug-likeness (QED) is 0.690. The Bertz CT molecular complexity index is 980. The molecule has 7 nitrogen and oxygen atoms in total. The lowest BCUT2D eigenvalue weighted by molar-refractivity contribution is 0.582. The zero-order valence-corrected chi connectivity index (χ0v) is 15.1. The number of imidazole rings is 1. The Hall–Kier alpha value is -2.84. The molecule has 0 aliphatic rings. The summed E-state index contributed by atoms with van der Waals surface area (Å²) in [5.74, 6) is 0.646. The van der Waals surface area contributed by atoms with Gasteiger partial charge in [0.15, 0.2) is 5.82 Å². The predicted octanol–water partition coefficient (Wildman–Crippen LogP) is 2.24. The molecule has 0 atom stereocenters. The van der Waals surface area contributed by atoms with Crippen molar-refractivity contribution in [2.75, 3.05) is 6.54 Å². The number of hydrogen-bond acceptors (Lipinski definition) is 5. The second-order valence-corrected chi connectivity index (χ2v) is 7.34. The molecule has 3 aromatic rings. The van der Waals surface area contributed by atoms with Crippen molar-refractivity contribution in [3.63, 3.8) is 0 Å². The number of nitrogens with zero attached hydrogens (tertiary/aromatic N) is 4. The lowest BCUT2D eigenvalue weighted by atomic mass is 10.2. The van der Waals surface area contributed by atoms with Crippen LogP contribution in [0, 0.1) is 6.92 Å². The fourth-order valence-corrected chi connectivity index (χ4v) is 3.15. The summed E-state index contributed by atoms with van der Waals surface area (Å²) in [5.41, 5.74) is 2.60. The average Bonchev–Trinajstić information content (AvgIpc) is 3.10. The first-order valence-corrected chi connectivity index (χ1v) is 9.60. The van der Waals surface area contributed by atoms with Crippen LogP contribution in [0.5, 0.6) is 0 Å². The highest BCUT2D eigenvalue weighted by molar-refractivity contribution is 7.92. The zero-order chi connectivity index (χ0) is 18.4. The van der Waals surface area contributed by atoms with Crippen LogP contribution in [0.4, 0.5) is 0 Å². The summed E-state index contributed by atoms with van der Waals surface area (Å²) in [6, 6.07) is 7.62. The largest absolute Gasteiger partial charge is 0.328 e. The first kappa shape index (κ1) is 18.0. The van der Waals surface area contributed by atoms with Crippen LogP contribution in [0.3, 0.4) is 0 Å². The third kappa shape index (κ3) is 4.84. The van der Waals surface area contributed by atoms with Crippen molar-refractivity contribution in [2.24, 2.45) is 0 Å². The van der Waals surface area contributed by atoms with Crippen molar-refractivity contribution in [1.29, 1.82) is 0 Å². The molecule has 1 aromatic carbocycles. The van der Waals surface area contributed by atoms with Gasteiger partial charge in [-0.2, -0.15) is 0 Å². The minimum absolute atomic E-state index is 0.240. The minimum atomic E-state index is -3.51. The van der Waals surface area contributed by atoms with Crippen LogP contribution >= 0.6 is 0 Å². The van der Waals surface area contributed by atoms with Gasteiger partial charge in [-0.3, -0.25) is 4.98 Å². The van der Waals surface area contributed by atoms with E-state index in [1.807, 2.05) is 35.8 Å². The van der Waals surface area contributed by atoms with Gasteiger partial charge in [-0.15, -0.1) is 0 Å². The third-order valence-corrected chi connectivity index (χ3v) is 4.78. The SMILES string of the molecule is Cc1ccc(/C=C/S(=O)(=O)NCCn2ccnc2-c2cnccn2)cc1. The van der Waals surface area contributed by atoms with Gasteiger partial charge in [0, 0.05) is 43.3 Å². The molecule has 0 saturated carbocycles. The van der Waals surface area contributed by atoms with E-state index in [1.54, 1.807) is 37.1 Å². The van der Waals surface area contributed by atoms with Gasteiger partial charge in [0.05, 0.1) is 6.20 Å². The van der Waals surface area contributed by atoms with Crippen molar-refractivity contribution in [1.82, 2.24) is 24.2 Å². The van der Waals surface area contributed by atoms with Gasteiger partial charge >= 0.3 is 0 Å². The summed E-state index contributed by atoms with van der Waals surface area (Å²) in [5, 5.41) is 1.18. The molecule has 0 amide bonds. The molecular weight excluding hydrogens is 350 g/mol. The summed E-state index contributed by atoms with van der Waals surface area (Å²) in [4.78, 5) is 12.5. The fourth-order valence-electron chi connectivity index (χ4n) is 2.34. The molecule has 8 heteroatoms. The van der Waals surface area contributed by atoms with Gasteiger partial charge in [-0.05, 0) is 18.6 Å². The highest BCUT2D eigenvalue weighted by Crippen LogP contribution is 2.12. The first-order valence-electron chi connectivity index (χ1n) is 8.05. The zero-order valence-electron chi connectivity index (χ0n) is 14.3. The average molecular weight is 369 g/mol. The van der Waals surface area contributed by atoms with Crippen molar-refractivity contribution >= 4 is 16.1 Å². The molecule has 1 N–H and O–H groups in total. The number of nitrogens with one attached hydrogen (secondary N) is 1. The monoisotopic (exact) mass is 369 g/mol. The predicted molar refractivity (Wildman–Crippen MR) is 100 cm³/mol. The Balaban J connectivity index is 1.59. The Labute approximate surface area is 152 Å². The van der Waals surface area contributed by atoms with Crippen molar-refractivity contribution in [2.45, 2.75) is 13.5 Å². The molecule has 0 unspecified atom stereocenters. The summed E-state index contributed by atoms with van der Waals surface area (Å²) in [7, 11) is -3.51. The first-order chi connectivity index (χ1) is 12.5. The lowest BCUT2D eigenvalue weighted by Gasteiger charge is -2.07. The van der Waals surface area contributed by atoms with Crippen LogP contribution in [-0.4, -0.2) is 34.5 Å². The van der Waals surface area contributed by atoms with E-state index in [0.717, 1.165) is 11.1 Å². The van der Waals surface area contributed by atoms with Gasteiger partial charge in [-0.25, -0.2) is 23.1 Å². The van der Waals surface area contributed by atoms with E-state index in [2.05, 4.69) is 19.7 Å². The smallest absolute Gasteiger partial charge is 0.233 e. The second kappa shape index (κ2) is 8.03. The fraction of sp³-hybridized carbons (Fsp3) is 0.167. The van der Waals surface area contributed by atoms with Crippen LogP contribution < -0.4 is 4.72 Å². The molecule has 26 heavy (non-hydrogen) atoms. The Morgan fingerprint density at radius 3 is 2.65 bits per heavy atom. The van der Waals surface area contributed by atoms with E-state index < -0.39 is 10.0 Å². The number of benzene rings is 1. The van der Waals surface area contributed by atoms with E-state index in [9.17, 15) is 8.42 Å². The van der Waals surface area contributed by atoms with Crippen LogP contribution in [0.25, 0.3) is 17.6 Å². The van der Waals surface area contributed by atoms with Crippen LogP contribution in [0.15, 0.2) is 60.7 Å². The van der Waals surface area contributed by atoms with E-state index >= 15 is 0 Å². The van der Waals surface area contributed by atoms with Gasteiger partial charge < -0.3 is 4.57 Å². The maximum atomic E-state index is 12.1. The molecule has 0 aliphatic heterocycles. The maximum Gasteiger partial charge on any atom is 0.233 e. The molecule has 2 heterocycles. The lowest BCUT2D eigenvalue weighted by Crippen LogP contribution is -2.25. The summed E-state index contributed by atoms with van der Waals surface area (Å²) in [6.45, 7) is 2.66. The van der Waals surface area contributed by atoms with Crippen molar-refractivity contribution in [3.8, 4) is 11.5 Å². The molecular formula is C18H19N5O2S. The van der Waals surface area contributed by atoms with Crippen LogP contribution in [0.2, 0.25) is 0 Å². The molecule has 0 radical (unpaired) electrons. The van der Waals surface area contributed by atoms with Gasteiger partial charge in [-0.1, -0.05) is 29.8 Å². The molecule has 3 rings (SSSR count). The number of aryl methyl sites for hydroxylation is 1. The van der Waals surface area contributed by atoms with E-state index in [-0.39, 0.29) is 6.54 Å². The van der Waals surface area contributed by atoms with E-state index in [4.69, 9.17) is 0 Å². The normalized spacial score (nSPS) is 11.9. The minimum Gasteiger partial charge on any atom is -0.328 e. The number of aromatic nitrogens is 4.